The van der Waals surface area contributed by atoms with Gasteiger partial charge in [0.25, 0.3) is 5.56 Å². The Morgan fingerprint density at radius 2 is 1.78 bits per heavy atom. The van der Waals surface area contributed by atoms with Crippen LogP contribution in [0.1, 0.15) is 19.4 Å². The molecule has 0 aliphatic heterocycles. The summed E-state index contributed by atoms with van der Waals surface area (Å²) in [5, 5.41) is 9.32. The zero-order valence-corrected chi connectivity index (χ0v) is 18.5. The van der Waals surface area contributed by atoms with Crippen LogP contribution < -0.4 is 16.2 Å². The Hall–Kier alpha value is -3.52. The van der Waals surface area contributed by atoms with Crippen molar-refractivity contribution in [1.82, 2.24) is 9.78 Å². The quantitative estimate of drug-likeness (QED) is 0.580. The molecular formula is C23H22ClFN4O3. The highest BCUT2D eigenvalue weighted by molar-refractivity contribution is 6.31. The third-order valence-corrected chi connectivity index (χ3v) is 4.89. The minimum atomic E-state index is -0.623. The van der Waals surface area contributed by atoms with Crippen molar-refractivity contribution < 1.29 is 14.0 Å². The van der Waals surface area contributed by atoms with Gasteiger partial charge in [0.2, 0.25) is 11.8 Å². The van der Waals surface area contributed by atoms with E-state index in [9.17, 15) is 18.8 Å². The van der Waals surface area contributed by atoms with E-state index < -0.39 is 23.8 Å². The number of amides is 2. The third kappa shape index (κ3) is 5.59. The predicted molar refractivity (Wildman–Crippen MR) is 122 cm³/mol. The number of benzene rings is 2. The summed E-state index contributed by atoms with van der Waals surface area (Å²) in [4.78, 5) is 37.6. The van der Waals surface area contributed by atoms with Crippen LogP contribution >= 0.6 is 11.6 Å². The molecule has 1 aromatic heterocycles. The maximum absolute atomic E-state index is 13.3. The summed E-state index contributed by atoms with van der Waals surface area (Å²) >= 11 is 5.74. The lowest BCUT2D eigenvalue weighted by molar-refractivity contribution is -0.119. The second kappa shape index (κ2) is 9.74. The van der Waals surface area contributed by atoms with E-state index in [2.05, 4.69) is 15.7 Å². The lowest BCUT2D eigenvalue weighted by Gasteiger charge is -2.13. The molecule has 0 aliphatic carbocycles. The smallest absolute Gasteiger partial charge is 0.291 e. The molecule has 1 heterocycles. The molecule has 0 unspecified atom stereocenters. The molecular weight excluding hydrogens is 435 g/mol. The molecule has 0 spiro atoms. The van der Waals surface area contributed by atoms with Crippen molar-refractivity contribution in [1.29, 1.82) is 0 Å². The molecule has 0 fully saturated rings. The van der Waals surface area contributed by atoms with Crippen LogP contribution in [-0.4, -0.2) is 21.6 Å². The van der Waals surface area contributed by atoms with E-state index in [1.54, 1.807) is 13.8 Å². The Bertz CT molecular complexity index is 1220. The number of hydrogen-bond acceptors (Lipinski definition) is 4. The Kier molecular flexibility index (Phi) is 7.05. The first-order valence-electron chi connectivity index (χ1n) is 9.89. The van der Waals surface area contributed by atoms with Gasteiger partial charge < -0.3 is 10.6 Å². The molecule has 7 nitrogen and oxygen atoms in total. The van der Waals surface area contributed by atoms with Crippen molar-refractivity contribution >= 4 is 34.8 Å². The normalized spacial score (nSPS) is 10.8. The van der Waals surface area contributed by atoms with E-state index >= 15 is 0 Å². The first kappa shape index (κ1) is 23.1. The van der Waals surface area contributed by atoms with Gasteiger partial charge in [-0.3, -0.25) is 14.4 Å². The van der Waals surface area contributed by atoms with Gasteiger partial charge in [-0.25, -0.2) is 9.07 Å². The molecule has 2 aromatic carbocycles. The number of halogens is 2. The summed E-state index contributed by atoms with van der Waals surface area (Å²) in [6, 6.07) is 12.7. The summed E-state index contributed by atoms with van der Waals surface area (Å²) in [6.45, 7) is 4.94. The van der Waals surface area contributed by atoms with Crippen LogP contribution in [0, 0.1) is 18.7 Å². The zero-order chi connectivity index (χ0) is 23.4. The molecule has 0 bridgehead atoms. The minimum Gasteiger partial charge on any atom is -0.324 e. The van der Waals surface area contributed by atoms with Crippen molar-refractivity contribution in [3.8, 4) is 11.3 Å². The number of rotatable bonds is 6. The van der Waals surface area contributed by atoms with Gasteiger partial charge in [0.05, 0.1) is 10.7 Å². The van der Waals surface area contributed by atoms with E-state index in [1.165, 1.54) is 18.2 Å². The summed E-state index contributed by atoms with van der Waals surface area (Å²) in [5.41, 5.74) is 1.86. The van der Waals surface area contributed by atoms with Crippen LogP contribution in [-0.2, 0) is 16.1 Å². The Morgan fingerprint density at radius 3 is 2.41 bits per heavy atom. The number of carbonyl (C=O) groups is 2. The number of anilines is 2. The van der Waals surface area contributed by atoms with Gasteiger partial charge in [0.1, 0.15) is 18.0 Å². The van der Waals surface area contributed by atoms with Gasteiger partial charge in [-0.2, -0.15) is 5.10 Å². The van der Waals surface area contributed by atoms with Crippen molar-refractivity contribution in [3.05, 3.63) is 75.3 Å². The van der Waals surface area contributed by atoms with Crippen molar-refractivity contribution in [2.45, 2.75) is 27.3 Å². The highest BCUT2D eigenvalue weighted by Gasteiger charge is 2.16. The molecule has 0 radical (unpaired) electrons. The summed E-state index contributed by atoms with van der Waals surface area (Å²) in [5.74, 6) is -1.85. The standard InChI is InChI=1S/C23H22ClFN4O3/c1-13(2)22(31)27-20-11-19(15-6-4-14(3)5-7-15)28-29(23(20)32)12-21(30)26-16-8-9-18(25)17(24)10-16/h4-11,13H,12H2,1-3H3,(H,26,30)(H,27,31). The summed E-state index contributed by atoms with van der Waals surface area (Å²) in [7, 11) is 0. The molecule has 32 heavy (non-hydrogen) atoms. The lowest BCUT2D eigenvalue weighted by atomic mass is 10.1. The minimum absolute atomic E-state index is 0.0203. The fraction of sp³-hybridized carbons (Fsp3) is 0.217. The summed E-state index contributed by atoms with van der Waals surface area (Å²) in [6.07, 6.45) is 0. The Balaban J connectivity index is 1.95. The van der Waals surface area contributed by atoms with Gasteiger partial charge in [-0.15, -0.1) is 0 Å². The molecule has 3 aromatic rings. The maximum Gasteiger partial charge on any atom is 0.291 e. The largest absolute Gasteiger partial charge is 0.324 e. The SMILES string of the molecule is Cc1ccc(-c2cc(NC(=O)C(C)C)c(=O)n(CC(=O)Nc3ccc(F)c(Cl)c3)n2)cc1. The first-order valence-corrected chi connectivity index (χ1v) is 10.3. The fourth-order valence-corrected chi connectivity index (χ4v) is 2.97. The van der Waals surface area contributed by atoms with Crippen LogP contribution in [0.5, 0.6) is 0 Å². The van der Waals surface area contributed by atoms with Crippen LogP contribution in [0.3, 0.4) is 0 Å². The number of aryl methyl sites for hydroxylation is 1. The monoisotopic (exact) mass is 456 g/mol. The van der Waals surface area contributed by atoms with Gasteiger partial charge in [0.15, 0.2) is 0 Å². The van der Waals surface area contributed by atoms with Crippen LogP contribution in [0.15, 0.2) is 53.3 Å². The predicted octanol–water partition coefficient (Wildman–Crippen LogP) is 4.24. The maximum atomic E-state index is 13.3. The zero-order valence-electron chi connectivity index (χ0n) is 17.8. The van der Waals surface area contributed by atoms with E-state index in [4.69, 9.17) is 11.6 Å². The highest BCUT2D eigenvalue weighted by atomic mass is 35.5. The Labute approximate surface area is 189 Å². The molecule has 0 aliphatic rings. The number of nitrogens with one attached hydrogen (secondary N) is 2. The molecule has 0 saturated carbocycles. The number of carbonyl (C=O) groups excluding carboxylic acids is 2. The molecule has 2 N–H and O–H groups in total. The van der Waals surface area contributed by atoms with Crippen molar-refractivity contribution in [2.75, 3.05) is 10.6 Å². The van der Waals surface area contributed by atoms with Crippen molar-refractivity contribution in [3.63, 3.8) is 0 Å². The topological polar surface area (TPSA) is 93.1 Å². The fourth-order valence-electron chi connectivity index (χ4n) is 2.79. The average molecular weight is 457 g/mol. The average Bonchev–Trinajstić information content (AvgIpc) is 2.74. The molecule has 9 heteroatoms. The van der Waals surface area contributed by atoms with E-state index in [1.807, 2.05) is 31.2 Å². The first-order chi connectivity index (χ1) is 15.1. The van der Waals surface area contributed by atoms with E-state index in [0.29, 0.717) is 5.69 Å². The third-order valence-electron chi connectivity index (χ3n) is 4.60. The molecule has 2 amide bonds. The Morgan fingerprint density at radius 1 is 1.09 bits per heavy atom. The second-order valence-corrected chi connectivity index (χ2v) is 8.00. The van der Waals surface area contributed by atoms with Crippen molar-refractivity contribution in [2.24, 2.45) is 5.92 Å². The van der Waals surface area contributed by atoms with E-state index in [-0.39, 0.29) is 28.2 Å². The van der Waals surface area contributed by atoms with Crippen LogP contribution in [0.2, 0.25) is 5.02 Å². The second-order valence-electron chi connectivity index (χ2n) is 7.59. The lowest BCUT2D eigenvalue weighted by Crippen LogP contribution is -2.33. The van der Waals surface area contributed by atoms with Crippen LogP contribution in [0.4, 0.5) is 15.8 Å². The van der Waals surface area contributed by atoms with Crippen LogP contribution in [0.25, 0.3) is 11.3 Å². The number of aromatic nitrogens is 2. The molecule has 0 saturated heterocycles. The molecule has 0 atom stereocenters. The highest BCUT2D eigenvalue weighted by Crippen LogP contribution is 2.21. The van der Waals surface area contributed by atoms with Gasteiger partial charge >= 0.3 is 0 Å². The van der Waals surface area contributed by atoms with E-state index in [0.717, 1.165) is 21.9 Å². The van der Waals surface area contributed by atoms with Gasteiger partial charge in [0, 0.05) is 17.2 Å². The molecule has 166 valence electrons. The van der Waals surface area contributed by atoms with Gasteiger partial charge in [-0.1, -0.05) is 55.3 Å². The van der Waals surface area contributed by atoms with Gasteiger partial charge in [-0.05, 0) is 31.2 Å². The number of nitrogens with zero attached hydrogens (tertiary/aromatic N) is 2. The molecule has 3 rings (SSSR count). The number of hydrogen-bond donors (Lipinski definition) is 2. The summed E-state index contributed by atoms with van der Waals surface area (Å²) < 4.78 is 14.3.